The summed E-state index contributed by atoms with van der Waals surface area (Å²) in [7, 11) is 0. The van der Waals surface area contributed by atoms with E-state index in [4.69, 9.17) is 16.7 Å². The van der Waals surface area contributed by atoms with Gasteiger partial charge in [0.05, 0.1) is 23.6 Å². The molecule has 1 fully saturated rings. The normalized spacial score (nSPS) is 14.9. The van der Waals surface area contributed by atoms with Crippen molar-refractivity contribution < 1.29 is 9.18 Å². The summed E-state index contributed by atoms with van der Waals surface area (Å²) in [6.07, 6.45) is 1.71. The minimum absolute atomic E-state index is 0.00702. The van der Waals surface area contributed by atoms with E-state index >= 15 is 0 Å². The van der Waals surface area contributed by atoms with Crippen molar-refractivity contribution in [3.05, 3.63) is 64.8 Å². The Labute approximate surface area is 166 Å². The van der Waals surface area contributed by atoms with Gasteiger partial charge >= 0.3 is 0 Å². The van der Waals surface area contributed by atoms with Crippen LogP contribution in [0.5, 0.6) is 0 Å². The highest BCUT2D eigenvalue weighted by molar-refractivity contribution is 6.30. The lowest BCUT2D eigenvalue weighted by molar-refractivity contribution is -0.124. The highest BCUT2D eigenvalue weighted by Gasteiger charge is 2.19. The Morgan fingerprint density at radius 1 is 1.25 bits per heavy atom. The van der Waals surface area contributed by atoms with E-state index in [2.05, 4.69) is 10.3 Å². The van der Waals surface area contributed by atoms with Crippen LogP contribution in [0.2, 0.25) is 5.02 Å². The van der Waals surface area contributed by atoms with Gasteiger partial charge in [0, 0.05) is 42.1 Å². The Balaban J connectivity index is 1.76. The van der Waals surface area contributed by atoms with Gasteiger partial charge in [-0.1, -0.05) is 11.6 Å². The monoisotopic (exact) mass is 399 g/mol. The maximum atomic E-state index is 14.0. The van der Waals surface area contributed by atoms with Crippen LogP contribution in [0, 0.1) is 12.7 Å². The first-order valence-electron chi connectivity index (χ1n) is 8.95. The molecule has 8 heteroatoms. The van der Waals surface area contributed by atoms with Crippen molar-refractivity contribution in [2.24, 2.45) is 0 Å². The maximum absolute atomic E-state index is 14.0. The standard InChI is InChI=1S/C20H19ClFN5O/c1-13-6-18(2-3-23-13)27-19(14-7-15(21)9-16(22)8-14)10-17(25-27)11-26-5-4-24-20(28)12-26/h2-3,6-10H,4-5,11-12H2,1H3,(H,24,28). The first-order valence-corrected chi connectivity index (χ1v) is 9.33. The van der Waals surface area contributed by atoms with Crippen molar-refractivity contribution >= 4 is 17.5 Å². The number of nitrogens with zero attached hydrogens (tertiary/aromatic N) is 4. The number of carbonyl (C=O) groups excluding carboxylic acids is 1. The number of halogens is 2. The minimum atomic E-state index is -0.407. The molecule has 1 N–H and O–H groups in total. The molecule has 0 radical (unpaired) electrons. The quantitative estimate of drug-likeness (QED) is 0.732. The summed E-state index contributed by atoms with van der Waals surface area (Å²) in [5.74, 6) is -0.400. The minimum Gasteiger partial charge on any atom is -0.354 e. The number of hydrogen-bond acceptors (Lipinski definition) is 4. The van der Waals surface area contributed by atoms with Crippen LogP contribution < -0.4 is 5.32 Å². The number of aryl methyl sites for hydroxylation is 1. The van der Waals surface area contributed by atoms with Gasteiger partial charge in [0.1, 0.15) is 5.82 Å². The second-order valence-electron chi connectivity index (χ2n) is 6.81. The van der Waals surface area contributed by atoms with Gasteiger partial charge in [0.2, 0.25) is 5.91 Å². The van der Waals surface area contributed by atoms with Crippen molar-refractivity contribution in [2.45, 2.75) is 13.5 Å². The molecule has 0 bridgehead atoms. The van der Waals surface area contributed by atoms with Gasteiger partial charge in [-0.25, -0.2) is 9.07 Å². The van der Waals surface area contributed by atoms with E-state index in [1.807, 2.05) is 30.0 Å². The average molecular weight is 400 g/mol. The molecule has 1 aliphatic rings. The van der Waals surface area contributed by atoms with Gasteiger partial charge in [-0.05, 0) is 43.3 Å². The Hall–Kier alpha value is -2.77. The van der Waals surface area contributed by atoms with Crippen molar-refractivity contribution in [3.8, 4) is 16.9 Å². The fourth-order valence-corrected chi connectivity index (χ4v) is 3.55. The second kappa shape index (κ2) is 7.69. The second-order valence-corrected chi connectivity index (χ2v) is 7.24. The van der Waals surface area contributed by atoms with Crippen LogP contribution in [-0.2, 0) is 11.3 Å². The number of piperazine rings is 1. The Bertz CT molecular complexity index is 1010. The molecule has 1 aromatic carbocycles. The molecule has 0 saturated carbocycles. The zero-order valence-electron chi connectivity index (χ0n) is 15.3. The lowest BCUT2D eigenvalue weighted by atomic mass is 10.1. The number of pyridine rings is 1. The number of rotatable bonds is 4. The van der Waals surface area contributed by atoms with E-state index in [0.29, 0.717) is 30.2 Å². The number of carbonyl (C=O) groups is 1. The lowest BCUT2D eigenvalue weighted by Crippen LogP contribution is -2.47. The van der Waals surface area contributed by atoms with Crippen molar-refractivity contribution in [1.82, 2.24) is 25.0 Å². The van der Waals surface area contributed by atoms with Crippen LogP contribution in [0.15, 0.2) is 42.6 Å². The zero-order chi connectivity index (χ0) is 19.7. The molecule has 2 aromatic heterocycles. The third kappa shape index (κ3) is 4.05. The first kappa shape index (κ1) is 18.6. The van der Waals surface area contributed by atoms with Gasteiger partial charge in [0.15, 0.2) is 0 Å². The van der Waals surface area contributed by atoms with E-state index in [-0.39, 0.29) is 5.91 Å². The van der Waals surface area contributed by atoms with Crippen LogP contribution in [0.1, 0.15) is 11.4 Å². The number of aromatic nitrogens is 3. The van der Waals surface area contributed by atoms with Gasteiger partial charge in [-0.15, -0.1) is 0 Å². The van der Waals surface area contributed by atoms with E-state index in [0.717, 1.165) is 29.3 Å². The molecule has 28 heavy (non-hydrogen) atoms. The molecular weight excluding hydrogens is 381 g/mol. The van der Waals surface area contributed by atoms with Gasteiger partial charge in [-0.3, -0.25) is 14.7 Å². The summed E-state index contributed by atoms with van der Waals surface area (Å²) in [5, 5.41) is 7.86. The molecule has 0 aliphatic carbocycles. The largest absolute Gasteiger partial charge is 0.354 e. The molecular formula is C20H19ClFN5O. The lowest BCUT2D eigenvalue weighted by Gasteiger charge is -2.25. The molecule has 1 saturated heterocycles. The molecule has 0 unspecified atom stereocenters. The first-order chi connectivity index (χ1) is 13.5. The molecule has 0 spiro atoms. The van der Waals surface area contributed by atoms with Gasteiger partial charge in [-0.2, -0.15) is 5.10 Å². The summed E-state index contributed by atoms with van der Waals surface area (Å²) < 4.78 is 15.7. The predicted octanol–water partition coefficient (Wildman–Crippen LogP) is 2.97. The highest BCUT2D eigenvalue weighted by atomic mass is 35.5. The highest BCUT2D eigenvalue weighted by Crippen LogP contribution is 2.28. The predicted molar refractivity (Wildman–Crippen MR) is 105 cm³/mol. The number of hydrogen-bond donors (Lipinski definition) is 1. The van der Waals surface area contributed by atoms with Crippen LogP contribution in [0.3, 0.4) is 0 Å². The van der Waals surface area contributed by atoms with Crippen LogP contribution >= 0.6 is 11.6 Å². The maximum Gasteiger partial charge on any atom is 0.234 e. The van der Waals surface area contributed by atoms with Gasteiger partial charge in [0.25, 0.3) is 0 Å². The number of amides is 1. The Morgan fingerprint density at radius 3 is 2.86 bits per heavy atom. The molecule has 3 heterocycles. The topological polar surface area (TPSA) is 63.1 Å². The van der Waals surface area contributed by atoms with E-state index in [9.17, 15) is 9.18 Å². The summed E-state index contributed by atoms with van der Waals surface area (Å²) >= 11 is 6.07. The molecule has 144 valence electrons. The zero-order valence-corrected chi connectivity index (χ0v) is 16.1. The molecule has 1 aliphatic heterocycles. The Morgan fingerprint density at radius 2 is 2.11 bits per heavy atom. The summed E-state index contributed by atoms with van der Waals surface area (Å²) in [4.78, 5) is 17.9. The molecule has 4 rings (SSSR count). The fourth-order valence-electron chi connectivity index (χ4n) is 3.33. The van der Waals surface area contributed by atoms with Crippen LogP contribution in [-0.4, -0.2) is 45.2 Å². The molecule has 6 nitrogen and oxygen atoms in total. The number of nitrogens with one attached hydrogen (secondary N) is 1. The smallest absolute Gasteiger partial charge is 0.234 e. The third-order valence-electron chi connectivity index (χ3n) is 4.55. The summed E-state index contributed by atoms with van der Waals surface area (Å²) in [6, 6.07) is 10.1. The van der Waals surface area contributed by atoms with Crippen LogP contribution in [0.4, 0.5) is 4.39 Å². The van der Waals surface area contributed by atoms with E-state index < -0.39 is 5.82 Å². The SMILES string of the molecule is Cc1cc(-n2nc(CN3CCNC(=O)C3)cc2-c2cc(F)cc(Cl)c2)ccn1. The van der Waals surface area contributed by atoms with E-state index in [1.54, 1.807) is 16.9 Å². The summed E-state index contributed by atoms with van der Waals surface area (Å²) in [5.41, 5.74) is 3.83. The average Bonchev–Trinajstić information content (AvgIpc) is 3.05. The molecule has 3 aromatic rings. The fraction of sp³-hybridized carbons (Fsp3) is 0.250. The van der Waals surface area contributed by atoms with Crippen molar-refractivity contribution in [3.63, 3.8) is 0 Å². The number of benzene rings is 1. The van der Waals surface area contributed by atoms with Crippen molar-refractivity contribution in [1.29, 1.82) is 0 Å². The molecule has 1 amide bonds. The summed E-state index contributed by atoms with van der Waals surface area (Å²) in [6.45, 7) is 4.14. The van der Waals surface area contributed by atoms with Crippen molar-refractivity contribution in [2.75, 3.05) is 19.6 Å². The molecule has 0 atom stereocenters. The van der Waals surface area contributed by atoms with Gasteiger partial charge < -0.3 is 5.32 Å². The Kier molecular flexibility index (Phi) is 5.11. The van der Waals surface area contributed by atoms with Crippen LogP contribution in [0.25, 0.3) is 16.9 Å². The van der Waals surface area contributed by atoms with E-state index in [1.165, 1.54) is 12.1 Å². The third-order valence-corrected chi connectivity index (χ3v) is 4.76.